The van der Waals surface area contributed by atoms with E-state index in [-0.39, 0.29) is 0 Å². The van der Waals surface area contributed by atoms with Gasteiger partial charge >= 0.3 is 11.9 Å². The first kappa shape index (κ1) is 12.4. The van der Waals surface area contributed by atoms with Crippen molar-refractivity contribution in [1.82, 2.24) is 0 Å². The molecular formula is C10H8O7. The summed E-state index contributed by atoms with van der Waals surface area (Å²) in [5, 5.41) is 35.7. The number of ether oxygens (including phenoxy) is 1. The molecule has 7 heteroatoms. The van der Waals surface area contributed by atoms with E-state index in [0.717, 1.165) is 12.1 Å². The van der Waals surface area contributed by atoms with Gasteiger partial charge in [0.05, 0.1) is 0 Å². The maximum Gasteiger partial charge on any atom is 0.336 e. The van der Waals surface area contributed by atoms with Gasteiger partial charge in [-0.3, -0.25) is 0 Å². The molecular weight excluding hydrogens is 232 g/mol. The lowest BCUT2D eigenvalue weighted by Gasteiger charge is -2.06. The maximum absolute atomic E-state index is 11.0. The van der Waals surface area contributed by atoms with Crippen molar-refractivity contribution >= 4 is 11.9 Å². The monoisotopic (exact) mass is 240 g/mol. The van der Waals surface area contributed by atoms with E-state index < -0.39 is 34.9 Å². The largest absolute Gasteiger partial charge is 0.508 e. The zero-order valence-corrected chi connectivity index (χ0v) is 8.32. The van der Waals surface area contributed by atoms with E-state index >= 15 is 0 Å². The number of carboxylic acid groups (broad SMARTS) is 1. The lowest BCUT2D eigenvalue weighted by molar-refractivity contribution is -0.133. The first-order chi connectivity index (χ1) is 7.90. The van der Waals surface area contributed by atoms with Gasteiger partial charge in [0.15, 0.2) is 11.5 Å². The molecule has 0 saturated heterocycles. The van der Waals surface area contributed by atoms with Crippen molar-refractivity contribution in [2.24, 2.45) is 0 Å². The molecule has 17 heavy (non-hydrogen) atoms. The first-order valence-electron chi connectivity index (χ1n) is 4.28. The van der Waals surface area contributed by atoms with Crippen molar-refractivity contribution in [3.05, 3.63) is 24.3 Å². The molecule has 1 rings (SSSR count). The highest BCUT2D eigenvalue weighted by Crippen LogP contribution is 2.39. The summed E-state index contributed by atoms with van der Waals surface area (Å²) in [5.41, 5.74) is 0. The number of carboxylic acids is 1. The van der Waals surface area contributed by atoms with Crippen molar-refractivity contribution < 1.29 is 34.8 Å². The van der Waals surface area contributed by atoms with Gasteiger partial charge in [0.25, 0.3) is 0 Å². The second-order valence-corrected chi connectivity index (χ2v) is 2.91. The lowest BCUT2D eigenvalue weighted by atomic mass is 10.3. The molecule has 0 fully saturated rings. The third kappa shape index (κ3) is 3.42. The van der Waals surface area contributed by atoms with Crippen LogP contribution >= 0.6 is 0 Å². The van der Waals surface area contributed by atoms with E-state index in [4.69, 9.17) is 10.2 Å². The summed E-state index contributed by atoms with van der Waals surface area (Å²) in [6.07, 6.45) is 1.14. The minimum atomic E-state index is -1.35. The third-order valence-electron chi connectivity index (χ3n) is 1.60. The number of rotatable bonds is 3. The van der Waals surface area contributed by atoms with E-state index in [9.17, 15) is 19.8 Å². The van der Waals surface area contributed by atoms with Crippen molar-refractivity contribution in [2.75, 3.05) is 0 Å². The molecule has 0 aromatic heterocycles. The number of hydrogen-bond donors (Lipinski definition) is 4. The molecule has 7 nitrogen and oxygen atoms in total. The molecule has 1 aromatic carbocycles. The van der Waals surface area contributed by atoms with Crippen LogP contribution in [0.5, 0.6) is 23.0 Å². The van der Waals surface area contributed by atoms with Crippen molar-refractivity contribution in [2.45, 2.75) is 0 Å². The highest BCUT2D eigenvalue weighted by atomic mass is 16.5. The summed E-state index contributed by atoms with van der Waals surface area (Å²) in [6, 6.07) is 1.70. The molecule has 0 atom stereocenters. The summed E-state index contributed by atoms with van der Waals surface area (Å²) in [4.78, 5) is 21.2. The molecule has 4 N–H and O–H groups in total. The average Bonchev–Trinajstić information content (AvgIpc) is 2.20. The SMILES string of the molecule is O=C(O)/C=C/C(=O)Oc1c(O)cc(O)cc1O. The smallest absolute Gasteiger partial charge is 0.336 e. The van der Waals surface area contributed by atoms with Gasteiger partial charge in [-0.1, -0.05) is 0 Å². The van der Waals surface area contributed by atoms with Gasteiger partial charge in [-0.2, -0.15) is 0 Å². The van der Waals surface area contributed by atoms with Crippen LogP contribution in [0.2, 0.25) is 0 Å². The first-order valence-corrected chi connectivity index (χ1v) is 4.28. The second-order valence-electron chi connectivity index (χ2n) is 2.91. The third-order valence-corrected chi connectivity index (χ3v) is 1.60. The Labute approximate surface area is 94.8 Å². The van der Waals surface area contributed by atoms with Gasteiger partial charge in [0, 0.05) is 24.3 Å². The number of aromatic hydroxyl groups is 3. The predicted octanol–water partition coefficient (Wildman–Crippen LogP) is 0.350. The minimum absolute atomic E-state index is 0.416. The quantitative estimate of drug-likeness (QED) is 0.341. The van der Waals surface area contributed by atoms with Gasteiger partial charge in [-0.15, -0.1) is 0 Å². The summed E-state index contributed by atoms with van der Waals surface area (Å²) in [6.45, 7) is 0. The second kappa shape index (κ2) is 4.88. The molecule has 0 radical (unpaired) electrons. The Kier molecular flexibility index (Phi) is 3.55. The Balaban J connectivity index is 2.89. The number of esters is 1. The fraction of sp³-hybridized carbons (Fsp3) is 0. The van der Waals surface area contributed by atoms with Crippen LogP contribution in [-0.4, -0.2) is 32.4 Å². The van der Waals surface area contributed by atoms with E-state index in [2.05, 4.69) is 4.74 Å². The fourth-order valence-corrected chi connectivity index (χ4v) is 0.963. The Hall–Kier alpha value is -2.70. The number of aliphatic carboxylic acids is 1. The Morgan fingerprint density at radius 1 is 1.06 bits per heavy atom. The summed E-state index contributed by atoms with van der Waals surface area (Å²) >= 11 is 0. The van der Waals surface area contributed by atoms with E-state index in [1.54, 1.807) is 0 Å². The number of phenols is 3. The summed E-state index contributed by atoms with van der Waals surface area (Å²) < 4.78 is 4.48. The molecule has 1 aromatic rings. The van der Waals surface area contributed by atoms with Crippen LogP contribution in [0.15, 0.2) is 24.3 Å². The van der Waals surface area contributed by atoms with Crippen molar-refractivity contribution in [1.29, 1.82) is 0 Å². The summed E-state index contributed by atoms with van der Waals surface area (Å²) in [5.74, 6) is -4.73. The van der Waals surface area contributed by atoms with Gasteiger partial charge < -0.3 is 25.2 Å². The van der Waals surface area contributed by atoms with Crippen LogP contribution in [0.3, 0.4) is 0 Å². The standard InChI is InChI=1S/C10H8O7/c11-5-3-6(12)10(7(13)4-5)17-9(16)2-1-8(14)15/h1-4,11-13H,(H,14,15)/b2-1+. The number of hydrogen-bond acceptors (Lipinski definition) is 6. The molecule has 90 valence electrons. The number of carbonyl (C=O) groups excluding carboxylic acids is 1. The van der Waals surface area contributed by atoms with Crippen LogP contribution in [0.25, 0.3) is 0 Å². The molecule has 0 aliphatic carbocycles. The van der Waals surface area contributed by atoms with E-state index in [1.807, 2.05) is 0 Å². The van der Waals surface area contributed by atoms with Crippen molar-refractivity contribution in [3.8, 4) is 23.0 Å². The van der Waals surface area contributed by atoms with Crippen LogP contribution in [0, 0.1) is 0 Å². The molecule has 0 heterocycles. The highest BCUT2D eigenvalue weighted by Gasteiger charge is 2.13. The van der Waals surface area contributed by atoms with Crippen LogP contribution in [0.1, 0.15) is 0 Å². The molecule has 0 spiro atoms. The molecule has 0 bridgehead atoms. The summed E-state index contributed by atoms with van der Waals surface area (Å²) in [7, 11) is 0. The van der Waals surface area contributed by atoms with E-state index in [1.165, 1.54) is 0 Å². The van der Waals surface area contributed by atoms with Gasteiger partial charge in [-0.25, -0.2) is 9.59 Å². The van der Waals surface area contributed by atoms with Gasteiger partial charge in [0.2, 0.25) is 5.75 Å². The molecule has 0 aliphatic heterocycles. The molecule has 0 saturated carbocycles. The van der Waals surface area contributed by atoms with E-state index in [0.29, 0.717) is 12.2 Å². The van der Waals surface area contributed by atoms with Crippen LogP contribution in [-0.2, 0) is 9.59 Å². The Morgan fingerprint density at radius 3 is 2.06 bits per heavy atom. The average molecular weight is 240 g/mol. The van der Waals surface area contributed by atoms with Crippen LogP contribution in [0.4, 0.5) is 0 Å². The van der Waals surface area contributed by atoms with Crippen molar-refractivity contribution in [3.63, 3.8) is 0 Å². The number of phenolic OH excluding ortho intramolecular Hbond substituents is 3. The predicted molar refractivity (Wildman–Crippen MR) is 53.8 cm³/mol. The Morgan fingerprint density at radius 2 is 1.59 bits per heavy atom. The molecule has 0 unspecified atom stereocenters. The van der Waals surface area contributed by atoms with Gasteiger partial charge in [-0.05, 0) is 0 Å². The fourth-order valence-electron chi connectivity index (χ4n) is 0.963. The molecule has 0 amide bonds. The topological polar surface area (TPSA) is 124 Å². The minimum Gasteiger partial charge on any atom is -0.508 e. The zero-order valence-electron chi connectivity index (χ0n) is 8.32. The zero-order chi connectivity index (χ0) is 13.0. The molecule has 0 aliphatic rings. The highest BCUT2D eigenvalue weighted by molar-refractivity contribution is 5.92. The number of benzene rings is 1. The lowest BCUT2D eigenvalue weighted by Crippen LogP contribution is -2.05. The number of carbonyl (C=O) groups is 2. The van der Waals surface area contributed by atoms with Gasteiger partial charge in [0.1, 0.15) is 5.75 Å². The van der Waals surface area contributed by atoms with Crippen LogP contribution < -0.4 is 4.74 Å². The Bertz CT molecular complexity index is 466. The maximum atomic E-state index is 11.0. The normalized spacial score (nSPS) is 10.4.